The molecule has 0 spiro atoms. The van der Waals surface area contributed by atoms with Crippen LogP contribution in [0.15, 0.2) is 18.2 Å². The quantitative estimate of drug-likeness (QED) is 0.724. The molecule has 150 valence electrons. The minimum Gasteiger partial charge on any atom is -0.377 e. The van der Waals surface area contributed by atoms with Crippen LogP contribution >= 0.6 is 0 Å². The fourth-order valence-electron chi connectivity index (χ4n) is 5.33. The highest BCUT2D eigenvalue weighted by atomic mass is 16.5. The molecule has 27 heavy (non-hydrogen) atoms. The Labute approximate surface area is 165 Å². The van der Waals surface area contributed by atoms with Crippen molar-refractivity contribution in [3.63, 3.8) is 0 Å². The van der Waals surface area contributed by atoms with E-state index in [1.54, 1.807) is 0 Å². The van der Waals surface area contributed by atoms with Crippen LogP contribution in [0.1, 0.15) is 62.8 Å². The van der Waals surface area contributed by atoms with E-state index >= 15 is 0 Å². The molecule has 2 aliphatic heterocycles. The molecule has 0 amide bonds. The number of ether oxygens (including phenoxy) is 1. The van der Waals surface area contributed by atoms with Crippen molar-refractivity contribution >= 4 is 0 Å². The van der Waals surface area contributed by atoms with E-state index in [0.717, 1.165) is 37.4 Å². The lowest BCUT2D eigenvalue weighted by Crippen LogP contribution is -2.43. The van der Waals surface area contributed by atoms with Crippen LogP contribution in [-0.4, -0.2) is 59.7 Å². The maximum Gasteiger partial charge on any atom is 0.0702 e. The second-order valence-electron chi connectivity index (χ2n) is 9.02. The molecular formula is C23H37N3O. The van der Waals surface area contributed by atoms with Crippen molar-refractivity contribution in [2.45, 2.75) is 77.0 Å². The summed E-state index contributed by atoms with van der Waals surface area (Å²) >= 11 is 0. The molecule has 1 aromatic heterocycles. The Hall–Kier alpha value is -0.970. The summed E-state index contributed by atoms with van der Waals surface area (Å²) in [7, 11) is 0. The Morgan fingerprint density at radius 3 is 2.56 bits per heavy atom. The summed E-state index contributed by atoms with van der Waals surface area (Å²) < 4.78 is 5.95. The van der Waals surface area contributed by atoms with E-state index in [2.05, 4.69) is 34.9 Å². The van der Waals surface area contributed by atoms with Gasteiger partial charge in [-0.2, -0.15) is 0 Å². The van der Waals surface area contributed by atoms with Crippen LogP contribution in [0.5, 0.6) is 0 Å². The zero-order valence-corrected chi connectivity index (χ0v) is 17.1. The molecule has 1 aliphatic carbocycles. The summed E-state index contributed by atoms with van der Waals surface area (Å²) in [4.78, 5) is 10.2. The molecule has 3 heterocycles. The van der Waals surface area contributed by atoms with Gasteiger partial charge in [0.1, 0.15) is 0 Å². The van der Waals surface area contributed by atoms with Gasteiger partial charge in [0.15, 0.2) is 0 Å². The largest absolute Gasteiger partial charge is 0.377 e. The monoisotopic (exact) mass is 371 g/mol. The molecule has 3 aliphatic rings. The first-order chi connectivity index (χ1) is 13.3. The van der Waals surface area contributed by atoms with E-state index in [0.29, 0.717) is 6.10 Å². The molecule has 1 atom stereocenters. The summed E-state index contributed by atoms with van der Waals surface area (Å²) in [6, 6.07) is 7.30. The van der Waals surface area contributed by atoms with Gasteiger partial charge in [-0.05, 0) is 76.6 Å². The van der Waals surface area contributed by atoms with Crippen LogP contribution < -0.4 is 0 Å². The van der Waals surface area contributed by atoms with E-state index in [1.165, 1.54) is 76.7 Å². The van der Waals surface area contributed by atoms with Crippen molar-refractivity contribution in [1.82, 2.24) is 14.8 Å². The van der Waals surface area contributed by atoms with E-state index in [-0.39, 0.29) is 0 Å². The van der Waals surface area contributed by atoms with Crippen molar-refractivity contribution < 1.29 is 4.74 Å². The summed E-state index contributed by atoms with van der Waals surface area (Å²) in [6.07, 6.45) is 11.4. The Bertz CT molecular complexity index is 573. The summed E-state index contributed by atoms with van der Waals surface area (Å²) in [5.74, 6) is 0.828. The third-order valence-corrected chi connectivity index (χ3v) is 6.82. The van der Waals surface area contributed by atoms with Crippen molar-refractivity contribution in [2.75, 3.05) is 32.8 Å². The normalized spacial score (nSPS) is 25.6. The highest BCUT2D eigenvalue weighted by Gasteiger charge is 2.29. The third kappa shape index (κ3) is 5.52. The van der Waals surface area contributed by atoms with Gasteiger partial charge in [-0.15, -0.1) is 0 Å². The van der Waals surface area contributed by atoms with Gasteiger partial charge in [-0.3, -0.25) is 9.88 Å². The van der Waals surface area contributed by atoms with Crippen molar-refractivity contribution in [3.8, 4) is 0 Å². The van der Waals surface area contributed by atoms with Gasteiger partial charge in [0.05, 0.1) is 11.8 Å². The molecule has 0 bridgehead atoms. The van der Waals surface area contributed by atoms with Gasteiger partial charge in [-0.25, -0.2) is 0 Å². The van der Waals surface area contributed by atoms with Gasteiger partial charge in [0.25, 0.3) is 0 Å². The predicted molar refractivity (Wildman–Crippen MR) is 110 cm³/mol. The molecule has 4 rings (SSSR count). The standard InChI is InChI=1S/C23H37N3O/c1-19-6-4-7-21(24-19)17-25(18-23-10-5-15-27-23)16-20-11-13-26(14-12-20)22-8-2-3-9-22/h4,6-7,20,22-23H,2-3,5,8-18H2,1H3. The molecule has 2 saturated heterocycles. The first-order valence-corrected chi connectivity index (χ1v) is 11.3. The van der Waals surface area contributed by atoms with Crippen molar-refractivity contribution in [1.29, 1.82) is 0 Å². The number of piperidine rings is 1. The zero-order valence-electron chi connectivity index (χ0n) is 17.1. The first kappa shape index (κ1) is 19.4. The maximum atomic E-state index is 5.95. The summed E-state index contributed by atoms with van der Waals surface area (Å²) in [5.41, 5.74) is 2.32. The van der Waals surface area contributed by atoms with Gasteiger partial charge in [0, 0.05) is 38.0 Å². The van der Waals surface area contributed by atoms with Gasteiger partial charge in [-0.1, -0.05) is 18.9 Å². The molecule has 4 heteroatoms. The second kappa shape index (κ2) is 9.49. The van der Waals surface area contributed by atoms with Crippen LogP contribution in [0.25, 0.3) is 0 Å². The third-order valence-electron chi connectivity index (χ3n) is 6.82. The minimum atomic E-state index is 0.424. The van der Waals surface area contributed by atoms with Crippen LogP contribution in [0.2, 0.25) is 0 Å². The van der Waals surface area contributed by atoms with E-state index in [1.807, 2.05) is 0 Å². The Kier molecular flexibility index (Phi) is 6.80. The molecule has 3 fully saturated rings. The van der Waals surface area contributed by atoms with E-state index in [4.69, 9.17) is 9.72 Å². The van der Waals surface area contributed by atoms with Gasteiger partial charge < -0.3 is 9.64 Å². The van der Waals surface area contributed by atoms with Crippen molar-refractivity contribution in [3.05, 3.63) is 29.6 Å². The smallest absolute Gasteiger partial charge is 0.0702 e. The Morgan fingerprint density at radius 1 is 1.04 bits per heavy atom. The maximum absolute atomic E-state index is 5.95. The van der Waals surface area contributed by atoms with E-state index < -0.39 is 0 Å². The second-order valence-corrected chi connectivity index (χ2v) is 9.02. The van der Waals surface area contributed by atoms with Crippen LogP contribution in [-0.2, 0) is 11.3 Å². The fourth-order valence-corrected chi connectivity index (χ4v) is 5.33. The minimum absolute atomic E-state index is 0.424. The number of likely N-dealkylation sites (tertiary alicyclic amines) is 1. The average Bonchev–Trinajstić information content (AvgIpc) is 3.36. The fraction of sp³-hybridized carbons (Fsp3) is 0.783. The van der Waals surface area contributed by atoms with Crippen LogP contribution in [0, 0.1) is 12.8 Å². The molecule has 1 saturated carbocycles. The number of rotatable bonds is 7. The SMILES string of the molecule is Cc1cccc(CN(CC2CCN(C3CCCC3)CC2)CC2CCCO2)n1. The number of nitrogens with zero attached hydrogens (tertiary/aromatic N) is 3. The van der Waals surface area contributed by atoms with Crippen LogP contribution in [0.3, 0.4) is 0 Å². The van der Waals surface area contributed by atoms with Crippen molar-refractivity contribution in [2.24, 2.45) is 5.92 Å². The molecule has 4 nitrogen and oxygen atoms in total. The lowest BCUT2D eigenvalue weighted by Gasteiger charge is -2.38. The molecular weight excluding hydrogens is 334 g/mol. The molecule has 0 radical (unpaired) electrons. The first-order valence-electron chi connectivity index (χ1n) is 11.3. The lowest BCUT2D eigenvalue weighted by molar-refractivity contribution is 0.0535. The number of hydrogen-bond donors (Lipinski definition) is 0. The molecule has 0 aromatic carbocycles. The van der Waals surface area contributed by atoms with E-state index in [9.17, 15) is 0 Å². The molecule has 0 N–H and O–H groups in total. The highest BCUT2D eigenvalue weighted by molar-refractivity contribution is 5.09. The number of aryl methyl sites for hydroxylation is 1. The number of hydrogen-bond acceptors (Lipinski definition) is 4. The molecule has 1 unspecified atom stereocenters. The summed E-state index contributed by atoms with van der Waals surface area (Å²) in [6.45, 7) is 8.89. The molecule has 1 aromatic rings. The Balaban J connectivity index is 1.32. The van der Waals surface area contributed by atoms with Gasteiger partial charge in [0.2, 0.25) is 0 Å². The van der Waals surface area contributed by atoms with Crippen LogP contribution in [0.4, 0.5) is 0 Å². The predicted octanol–water partition coefficient (Wildman–Crippen LogP) is 4.03. The zero-order chi connectivity index (χ0) is 18.5. The summed E-state index contributed by atoms with van der Waals surface area (Å²) in [5, 5.41) is 0. The van der Waals surface area contributed by atoms with Gasteiger partial charge >= 0.3 is 0 Å². The highest BCUT2D eigenvalue weighted by Crippen LogP contribution is 2.28. The number of pyridine rings is 1. The number of aromatic nitrogens is 1. The topological polar surface area (TPSA) is 28.6 Å². The average molecular weight is 372 g/mol. The lowest BCUT2D eigenvalue weighted by atomic mass is 9.94. The Morgan fingerprint density at radius 2 is 1.85 bits per heavy atom.